The standard InChI is InChI=1S/C23H25N5O3/c1-15-12-26-21(13-25-15)23(30)28-9-7-16(14-28)20-11-18(22(29)24-8-10-31-2)17-5-3-4-6-19(17)27-20/h3-6,11-13,16H,7-10,14H2,1-2H3,(H,24,29)/t16-/m1/s1. The lowest BCUT2D eigenvalue weighted by Gasteiger charge is -2.17. The van der Waals surface area contributed by atoms with Crippen LogP contribution in [0.1, 0.15) is 44.6 Å². The van der Waals surface area contributed by atoms with Crippen molar-refractivity contribution in [1.82, 2.24) is 25.2 Å². The number of fused-ring (bicyclic) bond motifs is 1. The van der Waals surface area contributed by atoms with E-state index in [1.807, 2.05) is 37.3 Å². The fraction of sp³-hybridized carbons (Fsp3) is 0.348. The quantitative estimate of drug-likeness (QED) is 0.616. The maximum atomic E-state index is 12.8. The third-order valence-corrected chi connectivity index (χ3v) is 5.47. The molecule has 1 saturated heterocycles. The number of amides is 2. The second kappa shape index (κ2) is 9.18. The zero-order chi connectivity index (χ0) is 21.8. The van der Waals surface area contributed by atoms with Crippen molar-refractivity contribution in [2.45, 2.75) is 19.3 Å². The number of aromatic nitrogens is 3. The van der Waals surface area contributed by atoms with E-state index in [9.17, 15) is 9.59 Å². The maximum Gasteiger partial charge on any atom is 0.274 e. The van der Waals surface area contributed by atoms with Crippen molar-refractivity contribution in [2.24, 2.45) is 0 Å². The van der Waals surface area contributed by atoms with Gasteiger partial charge in [-0.25, -0.2) is 4.98 Å². The van der Waals surface area contributed by atoms with Crippen LogP contribution in [0.3, 0.4) is 0 Å². The number of carbonyl (C=O) groups is 2. The molecule has 0 saturated carbocycles. The minimum Gasteiger partial charge on any atom is -0.383 e. The molecule has 0 spiro atoms. The molecule has 31 heavy (non-hydrogen) atoms. The highest BCUT2D eigenvalue weighted by molar-refractivity contribution is 6.06. The molecule has 0 aliphatic carbocycles. The lowest BCUT2D eigenvalue weighted by atomic mass is 9.99. The Hall–Kier alpha value is -3.39. The maximum absolute atomic E-state index is 12.8. The van der Waals surface area contributed by atoms with Gasteiger partial charge in [-0.15, -0.1) is 0 Å². The molecule has 1 N–H and O–H groups in total. The number of para-hydroxylation sites is 1. The fourth-order valence-corrected chi connectivity index (χ4v) is 3.81. The van der Waals surface area contributed by atoms with Crippen LogP contribution < -0.4 is 5.32 Å². The molecule has 1 fully saturated rings. The monoisotopic (exact) mass is 419 g/mol. The molecule has 1 aliphatic rings. The Morgan fingerprint density at radius 3 is 2.84 bits per heavy atom. The van der Waals surface area contributed by atoms with E-state index in [1.54, 1.807) is 18.2 Å². The number of nitrogens with zero attached hydrogens (tertiary/aromatic N) is 4. The van der Waals surface area contributed by atoms with Gasteiger partial charge in [0.15, 0.2) is 0 Å². The Kier molecular flexibility index (Phi) is 6.18. The summed E-state index contributed by atoms with van der Waals surface area (Å²) in [4.78, 5) is 40.6. The van der Waals surface area contributed by atoms with E-state index in [0.29, 0.717) is 37.5 Å². The average molecular weight is 419 g/mol. The molecule has 0 unspecified atom stereocenters. The molecule has 160 valence electrons. The van der Waals surface area contributed by atoms with Crippen LogP contribution >= 0.6 is 0 Å². The van der Waals surface area contributed by atoms with E-state index < -0.39 is 0 Å². The van der Waals surface area contributed by atoms with Crippen molar-refractivity contribution in [3.05, 3.63) is 65.4 Å². The van der Waals surface area contributed by atoms with Gasteiger partial charge >= 0.3 is 0 Å². The zero-order valence-corrected chi connectivity index (χ0v) is 17.7. The van der Waals surface area contributed by atoms with Gasteiger partial charge in [0.1, 0.15) is 5.69 Å². The van der Waals surface area contributed by atoms with Gasteiger partial charge in [-0.05, 0) is 25.5 Å². The van der Waals surface area contributed by atoms with Crippen LogP contribution in [0.4, 0.5) is 0 Å². The van der Waals surface area contributed by atoms with E-state index in [4.69, 9.17) is 9.72 Å². The molecule has 3 aromatic rings. The first-order valence-electron chi connectivity index (χ1n) is 10.3. The van der Waals surface area contributed by atoms with E-state index in [2.05, 4.69) is 15.3 Å². The summed E-state index contributed by atoms with van der Waals surface area (Å²) < 4.78 is 5.02. The van der Waals surface area contributed by atoms with Crippen LogP contribution in [0.2, 0.25) is 0 Å². The van der Waals surface area contributed by atoms with Crippen molar-refractivity contribution in [2.75, 3.05) is 33.4 Å². The summed E-state index contributed by atoms with van der Waals surface area (Å²) in [6, 6.07) is 9.47. The molecule has 2 amide bonds. The summed E-state index contributed by atoms with van der Waals surface area (Å²) in [5.41, 5.74) is 3.29. The predicted molar refractivity (Wildman–Crippen MR) is 116 cm³/mol. The van der Waals surface area contributed by atoms with E-state index in [0.717, 1.165) is 28.7 Å². The second-order valence-electron chi connectivity index (χ2n) is 7.64. The Labute approximate surface area is 180 Å². The molecule has 0 radical (unpaired) electrons. The lowest BCUT2D eigenvalue weighted by molar-refractivity contribution is 0.0784. The highest BCUT2D eigenvalue weighted by Gasteiger charge is 2.30. The van der Waals surface area contributed by atoms with Crippen molar-refractivity contribution in [3.8, 4) is 0 Å². The topological polar surface area (TPSA) is 97.3 Å². The van der Waals surface area contributed by atoms with Crippen LogP contribution in [-0.2, 0) is 4.74 Å². The number of pyridine rings is 1. The van der Waals surface area contributed by atoms with Gasteiger partial charge in [-0.1, -0.05) is 18.2 Å². The number of nitrogens with one attached hydrogen (secondary N) is 1. The summed E-state index contributed by atoms with van der Waals surface area (Å²) in [5.74, 6) is -0.233. The summed E-state index contributed by atoms with van der Waals surface area (Å²) in [5, 5.41) is 3.70. The molecular weight excluding hydrogens is 394 g/mol. The zero-order valence-electron chi connectivity index (χ0n) is 17.7. The second-order valence-corrected chi connectivity index (χ2v) is 7.64. The molecule has 3 heterocycles. The largest absolute Gasteiger partial charge is 0.383 e. The minimum absolute atomic E-state index is 0.0532. The summed E-state index contributed by atoms with van der Waals surface area (Å²) >= 11 is 0. The lowest BCUT2D eigenvalue weighted by Crippen LogP contribution is -2.29. The number of ether oxygens (including phenoxy) is 1. The summed E-state index contributed by atoms with van der Waals surface area (Å²) in [6.45, 7) is 3.86. The number of methoxy groups -OCH3 is 1. The molecule has 2 aromatic heterocycles. The van der Waals surface area contributed by atoms with Gasteiger partial charge in [0, 0.05) is 49.9 Å². The minimum atomic E-state index is -0.155. The van der Waals surface area contributed by atoms with Crippen LogP contribution in [0.25, 0.3) is 10.9 Å². The van der Waals surface area contributed by atoms with Crippen LogP contribution in [0, 0.1) is 6.92 Å². The molecule has 0 bridgehead atoms. The van der Waals surface area contributed by atoms with E-state index >= 15 is 0 Å². The van der Waals surface area contributed by atoms with Crippen molar-refractivity contribution in [3.63, 3.8) is 0 Å². The number of hydrogen-bond acceptors (Lipinski definition) is 6. The third kappa shape index (κ3) is 4.54. The SMILES string of the molecule is COCCNC(=O)c1cc([C@@H]2CCN(C(=O)c3cnc(C)cn3)C2)nc2ccccc12. The number of likely N-dealkylation sites (tertiary alicyclic amines) is 1. The number of benzene rings is 1. The van der Waals surface area contributed by atoms with Crippen molar-refractivity contribution < 1.29 is 14.3 Å². The number of carbonyl (C=O) groups excluding carboxylic acids is 2. The van der Waals surface area contributed by atoms with E-state index in [1.165, 1.54) is 6.20 Å². The first-order chi connectivity index (χ1) is 15.1. The van der Waals surface area contributed by atoms with Crippen LogP contribution in [0.15, 0.2) is 42.7 Å². The smallest absolute Gasteiger partial charge is 0.274 e. The summed E-state index contributed by atoms with van der Waals surface area (Å²) in [7, 11) is 1.60. The molecule has 8 nitrogen and oxygen atoms in total. The normalized spacial score (nSPS) is 15.9. The van der Waals surface area contributed by atoms with Gasteiger partial charge < -0.3 is 15.0 Å². The molecule has 1 atom stereocenters. The van der Waals surface area contributed by atoms with Gasteiger partial charge in [0.05, 0.1) is 29.6 Å². The Bertz CT molecular complexity index is 1100. The Morgan fingerprint density at radius 2 is 2.06 bits per heavy atom. The number of rotatable bonds is 6. The predicted octanol–water partition coefficient (Wildman–Crippen LogP) is 2.34. The van der Waals surface area contributed by atoms with Crippen molar-refractivity contribution >= 4 is 22.7 Å². The molecular formula is C23H25N5O3. The van der Waals surface area contributed by atoms with Gasteiger partial charge in [0.25, 0.3) is 11.8 Å². The van der Waals surface area contributed by atoms with E-state index in [-0.39, 0.29) is 17.7 Å². The molecule has 1 aromatic carbocycles. The van der Waals surface area contributed by atoms with Gasteiger partial charge in [0.2, 0.25) is 0 Å². The van der Waals surface area contributed by atoms with Gasteiger partial charge in [-0.2, -0.15) is 0 Å². The average Bonchev–Trinajstić information content (AvgIpc) is 3.29. The van der Waals surface area contributed by atoms with Crippen LogP contribution in [0.5, 0.6) is 0 Å². The van der Waals surface area contributed by atoms with Crippen molar-refractivity contribution in [1.29, 1.82) is 0 Å². The Morgan fingerprint density at radius 1 is 1.23 bits per heavy atom. The highest BCUT2D eigenvalue weighted by Crippen LogP contribution is 2.30. The summed E-state index contributed by atoms with van der Waals surface area (Å²) in [6.07, 6.45) is 3.89. The number of hydrogen-bond donors (Lipinski definition) is 1. The van der Waals surface area contributed by atoms with Gasteiger partial charge in [-0.3, -0.25) is 19.6 Å². The molecule has 8 heteroatoms. The third-order valence-electron chi connectivity index (χ3n) is 5.47. The Balaban J connectivity index is 1.57. The highest BCUT2D eigenvalue weighted by atomic mass is 16.5. The molecule has 1 aliphatic heterocycles. The first-order valence-corrected chi connectivity index (χ1v) is 10.3. The van der Waals surface area contributed by atoms with Crippen LogP contribution in [-0.4, -0.2) is 65.0 Å². The fourth-order valence-electron chi connectivity index (χ4n) is 3.81. The first kappa shape index (κ1) is 20.9. The molecule has 4 rings (SSSR count). The number of aryl methyl sites for hydroxylation is 1.